The van der Waals surface area contributed by atoms with Gasteiger partial charge in [-0.25, -0.2) is 4.79 Å². The number of carbonyl (C=O) groups excluding carboxylic acids is 3. The van der Waals surface area contributed by atoms with E-state index in [1.807, 2.05) is 4.90 Å². The molecule has 0 saturated carbocycles. The highest BCUT2D eigenvalue weighted by atomic mass is 19.4. The summed E-state index contributed by atoms with van der Waals surface area (Å²) < 4.78 is 43.3. The van der Waals surface area contributed by atoms with Gasteiger partial charge >= 0.3 is 12.1 Å². The summed E-state index contributed by atoms with van der Waals surface area (Å²) in [5, 5.41) is 10.3. The molecule has 196 valence electrons. The molecule has 0 unspecified atom stereocenters. The lowest BCUT2D eigenvalue weighted by molar-refractivity contribution is -0.181. The third-order valence-corrected chi connectivity index (χ3v) is 7.40. The van der Waals surface area contributed by atoms with E-state index in [2.05, 4.69) is 0 Å². The van der Waals surface area contributed by atoms with Gasteiger partial charge in [0.25, 0.3) is 5.91 Å². The van der Waals surface area contributed by atoms with Crippen LogP contribution in [0.2, 0.25) is 0 Å². The van der Waals surface area contributed by atoms with E-state index in [1.165, 1.54) is 24.1 Å². The van der Waals surface area contributed by atoms with Crippen LogP contribution in [0.4, 0.5) is 13.2 Å². The summed E-state index contributed by atoms with van der Waals surface area (Å²) in [6.45, 7) is 1.18. The van der Waals surface area contributed by atoms with Gasteiger partial charge in [-0.3, -0.25) is 24.3 Å². The lowest BCUT2D eigenvalue weighted by Gasteiger charge is -2.58. The van der Waals surface area contributed by atoms with Crippen LogP contribution < -0.4 is 0 Å². The molecule has 3 saturated heterocycles. The van der Waals surface area contributed by atoms with Crippen LogP contribution in [-0.2, 0) is 33.6 Å². The van der Waals surface area contributed by atoms with Crippen molar-refractivity contribution in [3.8, 4) is 0 Å². The lowest BCUT2D eigenvalue weighted by Crippen LogP contribution is -2.81. The lowest BCUT2D eigenvalue weighted by atomic mass is 9.82. The number of methoxy groups -OCH3 is 1. The molecule has 5 rings (SSSR count). The Morgan fingerprint density at radius 1 is 1.03 bits per heavy atom. The maximum absolute atomic E-state index is 13.7. The number of fused-ring (bicyclic) bond motifs is 2. The van der Waals surface area contributed by atoms with Gasteiger partial charge in [-0.1, -0.05) is 24.3 Å². The molecule has 2 atom stereocenters. The molecule has 3 aliphatic rings. The van der Waals surface area contributed by atoms with Crippen molar-refractivity contribution in [1.29, 1.82) is 0 Å². The second-order valence-corrected chi connectivity index (χ2v) is 9.85. The molecule has 2 aromatic rings. The zero-order chi connectivity index (χ0) is 26.5. The van der Waals surface area contributed by atoms with Gasteiger partial charge in [-0.2, -0.15) is 13.2 Å². The van der Waals surface area contributed by atoms with Crippen molar-refractivity contribution >= 4 is 17.8 Å². The smallest absolute Gasteiger partial charge is 0.416 e. The largest absolute Gasteiger partial charge is 0.465 e. The minimum absolute atomic E-state index is 0.0280. The predicted octanol–water partition coefficient (Wildman–Crippen LogP) is 2.05. The van der Waals surface area contributed by atoms with Crippen LogP contribution in [0.3, 0.4) is 0 Å². The summed E-state index contributed by atoms with van der Waals surface area (Å²) in [5.41, 5.74) is -0.0165. The number of alkyl halides is 3. The topological polar surface area (TPSA) is 90.4 Å². The fourth-order valence-electron chi connectivity index (χ4n) is 5.55. The first-order valence-electron chi connectivity index (χ1n) is 11.9. The number of hydrogen-bond acceptors (Lipinski definition) is 7. The molecule has 1 spiro atoms. The van der Waals surface area contributed by atoms with Gasteiger partial charge in [0.05, 0.1) is 36.9 Å². The second-order valence-electron chi connectivity index (χ2n) is 9.85. The number of amides is 2. The van der Waals surface area contributed by atoms with Crippen LogP contribution in [0, 0.1) is 0 Å². The Bertz CT molecular complexity index is 1210. The maximum atomic E-state index is 13.7. The summed E-state index contributed by atoms with van der Waals surface area (Å²) in [4.78, 5) is 43.7. The third kappa shape index (κ3) is 4.51. The molecule has 0 radical (unpaired) electrons. The molecule has 0 aromatic heterocycles. The van der Waals surface area contributed by atoms with Crippen molar-refractivity contribution in [2.45, 2.75) is 43.4 Å². The standard InChI is InChI=1S/C26H26F3N3O5/c1-37-23(35)18-6-2-17(3-7-18)12-31-22(34)21-10-20(33)13-32(21)25(24(31)36)14-30(15-25)11-16-4-8-19(9-5-16)26(27,28)29/h2-9,20-21,33H,10-15H2,1H3/t20-,21+/m1/s1. The number of hydrogen-bond donors (Lipinski definition) is 1. The molecule has 11 heteroatoms. The number of carbonyl (C=O) groups is 3. The van der Waals surface area contributed by atoms with Gasteiger partial charge in [-0.05, 0) is 41.8 Å². The van der Waals surface area contributed by atoms with Gasteiger partial charge in [-0.15, -0.1) is 0 Å². The highest BCUT2D eigenvalue weighted by Crippen LogP contribution is 2.41. The van der Waals surface area contributed by atoms with E-state index < -0.39 is 35.4 Å². The van der Waals surface area contributed by atoms with Gasteiger partial charge < -0.3 is 9.84 Å². The van der Waals surface area contributed by atoms with E-state index in [9.17, 15) is 32.7 Å². The number of β-amino-alcohol motifs (C(OH)–C–C–N with tert-alkyl or cyclic N) is 1. The quantitative estimate of drug-likeness (QED) is 0.480. The van der Waals surface area contributed by atoms with E-state index in [0.29, 0.717) is 36.3 Å². The van der Waals surface area contributed by atoms with Gasteiger partial charge in [0, 0.05) is 26.2 Å². The minimum Gasteiger partial charge on any atom is -0.465 e. The van der Waals surface area contributed by atoms with Crippen molar-refractivity contribution < 1.29 is 37.4 Å². The van der Waals surface area contributed by atoms with Crippen LogP contribution in [0.1, 0.15) is 33.5 Å². The number of aliphatic hydroxyl groups excluding tert-OH is 1. The molecule has 1 N–H and O–H groups in total. The van der Waals surface area contributed by atoms with Crippen molar-refractivity contribution in [2.75, 3.05) is 26.7 Å². The summed E-state index contributed by atoms with van der Waals surface area (Å²) in [5.74, 6) is -1.22. The monoisotopic (exact) mass is 517 g/mol. The average molecular weight is 518 g/mol. The Labute approximate surface area is 211 Å². The van der Waals surface area contributed by atoms with Crippen LogP contribution in [0.5, 0.6) is 0 Å². The Kier molecular flexibility index (Phi) is 6.33. The SMILES string of the molecule is COC(=O)c1ccc(CN2C(=O)[C@@H]3C[C@@H](O)CN3C3(CN(Cc4ccc(C(F)(F)F)cc4)C3)C2=O)cc1. The molecule has 2 amide bonds. The Morgan fingerprint density at radius 2 is 1.62 bits per heavy atom. The highest BCUT2D eigenvalue weighted by Gasteiger charge is 2.64. The Morgan fingerprint density at radius 3 is 2.22 bits per heavy atom. The van der Waals surface area contributed by atoms with Crippen molar-refractivity contribution in [1.82, 2.24) is 14.7 Å². The Balaban J connectivity index is 1.33. The van der Waals surface area contributed by atoms with E-state index in [1.54, 1.807) is 29.2 Å². The molecule has 3 heterocycles. The summed E-state index contributed by atoms with van der Waals surface area (Å²) in [7, 11) is 1.28. The zero-order valence-corrected chi connectivity index (χ0v) is 20.1. The Hall–Kier alpha value is -3.28. The molecule has 3 aliphatic heterocycles. The molecule has 37 heavy (non-hydrogen) atoms. The number of aliphatic hydroxyl groups is 1. The van der Waals surface area contributed by atoms with Crippen LogP contribution in [0.15, 0.2) is 48.5 Å². The number of nitrogens with zero attached hydrogens (tertiary/aromatic N) is 3. The van der Waals surface area contributed by atoms with Crippen molar-refractivity contribution in [3.63, 3.8) is 0 Å². The molecule has 8 nitrogen and oxygen atoms in total. The number of ether oxygens (including phenoxy) is 1. The van der Waals surface area contributed by atoms with E-state index in [0.717, 1.165) is 12.1 Å². The predicted molar refractivity (Wildman–Crippen MR) is 124 cm³/mol. The summed E-state index contributed by atoms with van der Waals surface area (Å²) in [6, 6.07) is 10.7. The van der Waals surface area contributed by atoms with Gasteiger partial charge in [0.2, 0.25) is 5.91 Å². The number of benzene rings is 2. The number of rotatable bonds is 5. The molecular weight excluding hydrogens is 491 g/mol. The first kappa shape index (κ1) is 25.4. The fourth-order valence-corrected chi connectivity index (χ4v) is 5.55. The molecular formula is C26H26F3N3O5. The van der Waals surface area contributed by atoms with E-state index >= 15 is 0 Å². The van der Waals surface area contributed by atoms with Gasteiger partial charge in [0.15, 0.2) is 0 Å². The second kappa shape index (κ2) is 9.23. The third-order valence-electron chi connectivity index (χ3n) is 7.40. The van der Waals surface area contributed by atoms with Crippen LogP contribution in [0.25, 0.3) is 0 Å². The van der Waals surface area contributed by atoms with Gasteiger partial charge in [0.1, 0.15) is 5.54 Å². The van der Waals surface area contributed by atoms with E-state index in [4.69, 9.17) is 4.74 Å². The molecule has 2 aromatic carbocycles. The molecule has 0 aliphatic carbocycles. The summed E-state index contributed by atoms with van der Waals surface area (Å²) >= 11 is 0. The minimum atomic E-state index is -4.41. The first-order chi connectivity index (χ1) is 17.5. The number of piperazine rings is 1. The average Bonchev–Trinajstić information content (AvgIpc) is 3.24. The summed E-state index contributed by atoms with van der Waals surface area (Å²) in [6.07, 6.45) is -4.92. The number of esters is 1. The first-order valence-corrected chi connectivity index (χ1v) is 11.9. The normalized spacial score (nSPS) is 23.8. The van der Waals surface area contributed by atoms with Crippen LogP contribution >= 0.6 is 0 Å². The maximum Gasteiger partial charge on any atom is 0.416 e. The van der Waals surface area contributed by atoms with Crippen molar-refractivity contribution in [3.05, 3.63) is 70.8 Å². The van der Waals surface area contributed by atoms with Crippen molar-refractivity contribution in [2.24, 2.45) is 0 Å². The fraction of sp³-hybridized carbons (Fsp3) is 0.423. The van der Waals surface area contributed by atoms with E-state index in [-0.39, 0.29) is 31.3 Å². The zero-order valence-electron chi connectivity index (χ0n) is 20.1. The highest BCUT2D eigenvalue weighted by molar-refractivity contribution is 6.06. The number of imide groups is 1. The number of likely N-dealkylation sites (tertiary alicyclic amines) is 1. The van der Waals surface area contributed by atoms with Crippen LogP contribution in [-0.4, -0.2) is 82.0 Å². The molecule has 0 bridgehead atoms. The number of halogens is 3. The molecule has 3 fully saturated rings.